The molecule has 2 atom stereocenters. The minimum atomic E-state index is -4.39. The Morgan fingerprint density at radius 2 is 0.809 bits per heavy atom. The molecule has 0 aromatic rings. The molecule has 0 spiro atoms. The van der Waals surface area contributed by atoms with Crippen LogP contribution in [0.15, 0.2) is 97.2 Å². The van der Waals surface area contributed by atoms with Crippen LogP contribution in [-0.2, 0) is 32.7 Å². The number of nitrogens with two attached hydrogens (primary N) is 1. The van der Waals surface area contributed by atoms with Crippen molar-refractivity contribution in [3.8, 4) is 0 Å². The zero-order valence-electron chi connectivity index (χ0n) is 43.3. The average Bonchev–Trinajstić information content (AvgIpc) is 3.33. The normalized spacial score (nSPS) is 13.9. The Morgan fingerprint density at radius 1 is 0.456 bits per heavy atom. The molecule has 2 unspecified atom stereocenters. The molecule has 0 aliphatic rings. The van der Waals surface area contributed by atoms with Gasteiger partial charge in [-0.2, -0.15) is 0 Å². The monoisotopic (exact) mass is 970 g/mol. The third kappa shape index (κ3) is 52.3. The number of carbonyl (C=O) groups excluding carboxylic acids is 2. The highest BCUT2D eigenvalue weighted by Gasteiger charge is 2.26. The summed E-state index contributed by atoms with van der Waals surface area (Å²) >= 11 is 0. The van der Waals surface area contributed by atoms with Gasteiger partial charge in [-0.05, 0) is 96.3 Å². The Morgan fingerprint density at radius 3 is 1.21 bits per heavy atom. The van der Waals surface area contributed by atoms with E-state index in [9.17, 15) is 19.0 Å². The number of unbranched alkanes of at least 4 members (excludes halogenated alkanes) is 21. The summed E-state index contributed by atoms with van der Waals surface area (Å²) in [5, 5.41) is 0. The van der Waals surface area contributed by atoms with Crippen LogP contribution in [0.25, 0.3) is 0 Å². The molecule has 3 N–H and O–H groups in total. The summed E-state index contributed by atoms with van der Waals surface area (Å²) in [6.45, 7) is 3.60. The second-order valence-corrected chi connectivity index (χ2v) is 19.2. The van der Waals surface area contributed by atoms with Crippen molar-refractivity contribution in [2.45, 2.75) is 232 Å². The van der Waals surface area contributed by atoms with Crippen molar-refractivity contribution in [1.82, 2.24) is 0 Å². The Labute approximate surface area is 416 Å². The van der Waals surface area contributed by atoms with Crippen molar-refractivity contribution in [2.75, 3.05) is 26.4 Å². The molecule has 390 valence electrons. The highest BCUT2D eigenvalue weighted by Crippen LogP contribution is 2.43. The van der Waals surface area contributed by atoms with Gasteiger partial charge >= 0.3 is 19.8 Å². The number of carbonyl (C=O) groups is 2. The van der Waals surface area contributed by atoms with Gasteiger partial charge in [-0.25, -0.2) is 4.57 Å². The molecule has 0 amide bonds. The largest absolute Gasteiger partial charge is 0.472 e. The number of allylic oxidation sites excluding steroid dienone is 16. The number of hydrogen-bond donors (Lipinski definition) is 2. The lowest BCUT2D eigenvalue weighted by Crippen LogP contribution is -2.29. The molecule has 0 bridgehead atoms. The van der Waals surface area contributed by atoms with E-state index < -0.39 is 32.5 Å². The fourth-order valence-corrected chi connectivity index (χ4v) is 7.96. The van der Waals surface area contributed by atoms with E-state index in [4.69, 9.17) is 24.3 Å². The zero-order valence-corrected chi connectivity index (χ0v) is 44.2. The Hall–Kier alpha value is -3.07. The van der Waals surface area contributed by atoms with Crippen molar-refractivity contribution >= 4 is 19.8 Å². The molecular weight excluding hydrogens is 870 g/mol. The number of esters is 2. The van der Waals surface area contributed by atoms with Crippen LogP contribution in [0.4, 0.5) is 0 Å². The van der Waals surface area contributed by atoms with Gasteiger partial charge in [-0.3, -0.25) is 18.6 Å². The van der Waals surface area contributed by atoms with Gasteiger partial charge < -0.3 is 20.1 Å². The van der Waals surface area contributed by atoms with Crippen LogP contribution in [0.5, 0.6) is 0 Å². The standard InChI is InChI=1S/C58H100NO8P/c1-3-5-7-9-11-13-15-17-19-21-23-24-25-26-27-28-29-30-31-32-33-35-37-39-41-43-45-47-49-51-58(61)67-56(55-66-68(62,63)65-53-52-59)54-64-57(60)50-48-46-44-42-40-38-36-34-22-20-18-16-14-12-10-8-6-4-2/h5,7,11,13-14,16-17,19-20,22-24,26-27,29-30,56H,3-4,6,8-10,12,15,18,21,25,28,31-55,59H2,1-2H3,(H,62,63)/b7-5-,13-11-,16-14-,19-17-,22-20-,24-23-,27-26-,30-29-. The van der Waals surface area contributed by atoms with Crippen LogP contribution >= 0.6 is 7.82 Å². The van der Waals surface area contributed by atoms with Crippen molar-refractivity contribution in [3.63, 3.8) is 0 Å². The first-order valence-corrected chi connectivity index (χ1v) is 28.7. The molecule has 0 aromatic carbocycles. The number of phosphoric ester groups is 1. The highest BCUT2D eigenvalue weighted by atomic mass is 31.2. The molecule has 0 fully saturated rings. The van der Waals surface area contributed by atoms with E-state index in [1.807, 2.05) is 0 Å². The third-order valence-corrected chi connectivity index (χ3v) is 12.2. The van der Waals surface area contributed by atoms with Crippen LogP contribution in [0.1, 0.15) is 226 Å². The Bertz CT molecular complexity index is 1430. The second-order valence-electron chi connectivity index (χ2n) is 17.7. The molecule has 0 aromatic heterocycles. The summed E-state index contributed by atoms with van der Waals surface area (Å²) in [6.07, 6.45) is 70.2. The van der Waals surface area contributed by atoms with Crippen LogP contribution in [0.2, 0.25) is 0 Å². The third-order valence-electron chi connectivity index (χ3n) is 11.2. The maximum absolute atomic E-state index is 12.7. The first kappa shape index (κ1) is 64.9. The van der Waals surface area contributed by atoms with Crippen LogP contribution in [-0.4, -0.2) is 49.3 Å². The van der Waals surface area contributed by atoms with Crippen molar-refractivity contribution < 1.29 is 37.6 Å². The molecule has 0 saturated carbocycles. The molecule has 9 nitrogen and oxygen atoms in total. The first-order valence-electron chi connectivity index (χ1n) is 27.2. The predicted molar refractivity (Wildman–Crippen MR) is 288 cm³/mol. The number of phosphoric acid groups is 1. The summed E-state index contributed by atoms with van der Waals surface area (Å²) in [4.78, 5) is 35.1. The summed E-state index contributed by atoms with van der Waals surface area (Å²) in [5.41, 5.74) is 5.37. The van der Waals surface area contributed by atoms with E-state index in [0.717, 1.165) is 103 Å². The van der Waals surface area contributed by atoms with Gasteiger partial charge in [0.1, 0.15) is 6.61 Å². The highest BCUT2D eigenvalue weighted by molar-refractivity contribution is 7.47. The van der Waals surface area contributed by atoms with Gasteiger partial charge in [-0.1, -0.05) is 214 Å². The van der Waals surface area contributed by atoms with E-state index in [2.05, 4.69) is 111 Å². The summed E-state index contributed by atoms with van der Waals surface area (Å²) < 4.78 is 33.0. The first-order chi connectivity index (χ1) is 33.3. The van der Waals surface area contributed by atoms with Gasteiger partial charge in [-0.15, -0.1) is 0 Å². The number of hydrogen-bond acceptors (Lipinski definition) is 8. The molecule has 0 heterocycles. The quantitative estimate of drug-likeness (QED) is 0.0264. The molecular formula is C58H100NO8P. The molecule has 0 rings (SSSR count). The van der Waals surface area contributed by atoms with E-state index in [-0.39, 0.29) is 32.6 Å². The van der Waals surface area contributed by atoms with E-state index >= 15 is 0 Å². The van der Waals surface area contributed by atoms with Crippen LogP contribution < -0.4 is 5.73 Å². The maximum atomic E-state index is 12.7. The minimum absolute atomic E-state index is 0.0471. The molecule has 0 radical (unpaired) electrons. The lowest BCUT2D eigenvalue weighted by molar-refractivity contribution is -0.161. The fraction of sp³-hybridized carbons (Fsp3) is 0.690. The average molecular weight is 970 g/mol. The van der Waals surface area contributed by atoms with Crippen molar-refractivity contribution in [3.05, 3.63) is 97.2 Å². The lowest BCUT2D eigenvalue weighted by atomic mass is 10.0. The fourth-order valence-electron chi connectivity index (χ4n) is 7.20. The molecule has 0 aliphatic carbocycles. The summed E-state index contributed by atoms with van der Waals surface area (Å²) in [6, 6.07) is 0. The number of ether oxygens (including phenoxy) is 2. The smallest absolute Gasteiger partial charge is 0.462 e. The molecule has 0 saturated heterocycles. The van der Waals surface area contributed by atoms with Crippen LogP contribution in [0.3, 0.4) is 0 Å². The second kappa shape index (κ2) is 53.3. The Kier molecular flexibility index (Phi) is 50.9. The SMILES string of the molecule is CC/C=C\C/C=C\C/C=C\C/C=C\C/C=C\C/C=C\CCCCCCCCCCCCC(=O)OC(COC(=O)CCCCCCCCC/C=C\C/C=C\CCCCCC)COP(=O)(O)OCCN. The van der Waals surface area contributed by atoms with E-state index in [0.29, 0.717) is 6.42 Å². The minimum Gasteiger partial charge on any atom is -0.462 e. The van der Waals surface area contributed by atoms with Gasteiger partial charge in [0.05, 0.1) is 13.2 Å². The maximum Gasteiger partial charge on any atom is 0.472 e. The van der Waals surface area contributed by atoms with Gasteiger partial charge in [0.15, 0.2) is 6.10 Å². The van der Waals surface area contributed by atoms with Gasteiger partial charge in [0.2, 0.25) is 0 Å². The van der Waals surface area contributed by atoms with Crippen LogP contribution in [0, 0.1) is 0 Å². The van der Waals surface area contributed by atoms with Gasteiger partial charge in [0, 0.05) is 19.4 Å². The molecule has 10 heteroatoms. The Balaban J connectivity index is 4.04. The summed E-state index contributed by atoms with van der Waals surface area (Å²) in [7, 11) is -4.39. The van der Waals surface area contributed by atoms with E-state index in [1.165, 1.54) is 89.9 Å². The predicted octanol–water partition coefficient (Wildman–Crippen LogP) is 16.9. The van der Waals surface area contributed by atoms with Crippen molar-refractivity contribution in [1.29, 1.82) is 0 Å². The van der Waals surface area contributed by atoms with E-state index in [1.54, 1.807) is 0 Å². The van der Waals surface area contributed by atoms with Gasteiger partial charge in [0.25, 0.3) is 0 Å². The zero-order chi connectivity index (χ0) is 49.5. The number of rotatable bonds is 50. The van der Waals surface area contributed by atoms with Crippen molar-refractivity contribution in [2.24, 2.45) is 5.73 Å². The molecule has 0 aliphatic heterocycles. The lowest BCUT2D eigenvalue weighted by Gasteiger charge is -2.19. The molecule has 68 heavy (non-hydrogen) atoms. The summed E-state index contributed by atoms with van der Waals surface area (Å²) in [5.74, 6) is -0.845. The topological polar surface area (TPSA) is 134 Å².